The Morgan fingerprint density at radius 3 is 2.71 bits per heavy atom. The van der Waals surface area contributed by atoms with E-state index in [0.29, 0.717) is 34.9 Å². The molecule has 6 atom stereocenters. The molecule has 14 heteroatoms. The Hall–Kier alpha value is -2.91. The van der Waals surface area contributed by atoms with Crippen LogP contribution in [0.5, 0.6) is 0 Å². The summed E-state index contributed by atoms with van der Waals surface area (Å²) in [5, 5.41) is 8.84. The van der Waals surface area contributed by atoms with Gasteiger partial charge in [0.05, 0.1) is 17.8 Å². The number of methoxy groups -OCH3 is 1. The second-order valence-electron chi connectivity index (χ2n) is 10.9. The van der Waals surface area contributed by atoms with E-state index in [4.69, 9.17) is 30.5 Å². The predicted octanol–water partition coefficient (Wildman–Crippen LogP) is 5.93. The van der Waals surface area contributed by atoms with Crippen molar-refractivity contribution in [1.29, 1.82) is 0 Å². The van der Waals surface area contributed by atoms with Crippen LogP contribution in [0.25, 0.3) is 11.3 Å². The Kier molecular flexibility index (Phi) is 8.92. The first-order valence-corrected chi connectivity index (χ1v) is 16.4. The summed E-state index contributed by atoms with van der Waals surface area (Å²) in [6.07, 6.45) is 2.02. The van der Waals surface area contributed by atoms with E-state index in [1.54, 1.807) is 35.2 Å². The first-order chi connectivity index (χ1) is 21.9. The number of pyridine rings is 1. The molecule has 2 aromatic carbocycles. The fraction of sp³-hybridized carbons (Fsp3) is 0.355. The van der Waals surface area contributed by atoms with Crippen LogP contribution in [0.1, 0.15) is 34.8 Å². The third kappa shape index (κ3) is 6.14. The molecule has 3 aliphatic rings. The summed E-state index contributed by atoms with van der Waals surface area (Å²) in [6, 6.07) is 15.5. The van der Waals surface area contributed by atoms with Gasteiger partial charge >= 0.3 is 0 Å². The Morgan fingerprint density at radius 1 is 1.16 bits per heavy atom. The normalized spacial score (nSPS) is 26.3. The van der Waals surface area contributed by atoms with Gasteiger partial charge in [-0.1, -0.05) is 65.0 Å². The molecule has 234 valence electrons. The van der Waals surface area contributed by atoms with Crippen molar-refractivity contribution in [1.82, 2.24) is 24.9 Å². The molecule has 3 fully saturated rings. The van der Waals surface area contributed by atoms with Crippen molar-refractivity contribution in [2.45, 2.75) is 47.4 Å². The van der Waals surface area contributed by atoms with Gasteiger partial charge in [0.1, 0.15) is 47.0 Å². The van der Waals surface area contributed by atoms with Crippen molar-refractivity contribution in [3.8, 4) is 11.3 Å². The zero-order chi connectivity index (χ0) is 31.1. The predicted molar refractivity (Wildman–Crippen MR) is 167 cm³/mol. The largest absolute Gasteiger partial charge is 0.375 e. The number of nitrogens with zero attached hydrogens (tertiary/aromatic N) is 5. The van der Waals surface area contributed by atoms with E-state index in [-0.39, 0.29) is 17.5 Å². The van der Waals surface area contributed by atoms with E-state index in [1.807, 2.05) is 36.4 Å². The molecule has 0 saturated carbocycles. The van der Waals surface area contributed by atoms with Crippen LogP contribution >= 0.6 is 39.3 Å². The third-order valence-electron chi connectivity index (χ3n) is 8.09. The van der Waals surface area contributed by atoms with E-state index < -0.39 is 41.9 Å². The van der Waals surface area contributed by atoms with E-state index in [9.17, 15) is 9.18 Å². The van der Waals surface area contributed by atoms with Gasteiger partial charge in [0.2, 0.25) is 0 Å². The molecule has 0 N–H and O–H groups in total. The van der Waals surface area contributed by atoms with E-state index >= 15 is 0 Å². The summed E-state index contributed by atoms with van der Waals surface area (Å²) in [5.74, 6) is -0.674. The molecule has 2 aromatic heterocycles. The molecular formula is C31H28BrClFN5O5S. The minimum absolute atomic E-state index is 0.0225. The molecule has 45 heavy (non-hydrogen) atoms. The maximum Gasteiger partial charge on any atom is 0.273 e. The fourth-order valence-corrected chi connectivity index (χ4v) is 7.57. The highest BCUT2D eigenvalue weighted by molar-refractivity contribution is 9.10. The summed E-state index contributed by atoms with van der Waals surface area (Å²) in [5.41, 5.74) is 1.59. The average Bonchev–Trinajstić information content (AvgIpc) is 3.51. The van der Waals surface area contributed by atoms with Crippen LogP contribution in [-0.2, 0) is 18.9 Å². The van der Waals surface area contributed by atoms with Crippen LogP contribution in [0, 0.1) is 5.82 Å². The Balaban J connectivity index is 1.24. The van der Waals surface area contributed by atoms with E-state index in [1.165, 1.54) is 23.9 Å². The molecule has 0 radical (unpaired) electrons. The average molecular weight is 717 g/mol. The quantitative estimate of drug-likeness (QED) is 0.231. The molecule has 4 aromatic rings. The first kappa shape index (κ1) is 30.7. The Morgan fingerprint density at radius 2 is 1.98 bits per heavy atom. The van der Waals surface area contributed by atoms with Crippen molar-refractivity contribution in [2.75, 3.05) is 26.8 Å². The topological polar surface area (TPSA) is 101 Å². The van der Waals surface area contributed by atoms with E-state index in [2.05, 4.69) is 31.2 Å². The highest BCUT2D eigenvalue weighted by Gasteiger charge is 2.52. The summed E-state index contributed by atoms with van der Waals surface area (Å²) >= 11 is 10.8. The molecule has 6 unspecified atom stereocenters. The van der Waals surface area contributed by atoms with Crippen LogP contribution in [-0.4, -0.2) is 81.3 Å². The highest BCUT2D eigenvalue weighted by atomic mass is 79.9. The van der Waals surface area contributed by atoms with Gasteiger partial charge in [-0.25, -0.2) is 14.1 Å². The number of likely N-dealkylation sites (tertiary alicyclic amines) is 1. The number of ether oxygens (including phenoxy) is 4. The smallest absolute Gasteiger partial charge is 0.273 e. The van der Waals surface area contributed by atoms with Gasteiger partial charge < -0.3 is 23.8 Å². The summed E-state index contributed by atoms with van der Waals surface area (Å²) < 4.78 is 42.2. The number of hydrogen-bond donors (Lipinski definition) is 0. The van der Waals surface area contributed by atoms with Crippen molar-refractivity contribution >= 4 is 45.2 Å². The van der Waals surface area contributed by atoms with Crippen LogP contribution in [0.2, 0.25) is 5.02 Å². The minimum Gasteiger partial charge on any atom is -0.375 e. The van der Waals surface area contributed by atoms with Gasteiger partial charge in [0.25, 0.3) is 5.91 Å². The van der Waals surface area contributed by atoms with Gasteiger partial charge in [-0.3, -0.25) is 4.79 Å². The van der Waals surface area contributed by atoms with Crippen LogP contribution in [0.3, 0.4) is 0 Å². The van der Waals surface area contributed by atoms with Crippen molar-refractivity contribution in [3.63, 3.8) is 0 Å². The summed E-state index contributed by atoms with van der Waals surface area (Å²) in [6.45, 7) is 1.65. The number of hydrogen-bond acceptors (Lipinski definition) is 9. The molecule has 3 aliphatic heterocycles. The molecule has 5 heterocycles. The minimum atomic E-state index is -0.636. The number of thioether (sulfide) groups is 1. The number of benzene rings is 2. The molecule has 7 rings (SSSR count). The second-order valence-corrected chi connectivity index (χ2v) is 13.4. The number of amides is 1. The van der Waals surface area contributed by atoms with Crippen molar-refractivity contribution in [2.24, 2.45) is 0 Å². The molecule has 0 spiro atoms. The number of aromatic nitrogens is 4. The highest BCUT2D eigenvalue weighted by Crippen LogP contribution is 2.45. The van der Waals surface area contributed by atoms with Gasteiger partial charge in [0, 0.05) is 46.9 Å². The lowest BCUT2D eigenvalue weighted by molar-refractivity contribution is -0.308. The lowest BCUT2D eigenvalue weighted by Crippen LogP contribution is -2.59. The molecular weight excluding hydrogens is 689 g/mol. The molecule has 0 bridgehead atoms. The number of rotatable bonds is 7. The summed E-state index contributed by atoms with van der Waals surface area (Å²) in [4.78, 5) is 20.2. The fourth-order valence-electron chi connectivity index (χ4n) is 5.67. The van der Waals surface area contributed by atoms with Gasteiger partial charge in [-0.2, -0.15) is 0 Å². The SMILES string of the molecule is COC1C(Sc2cc(Br)cnc2C(=O)N2CCC2)OC2COC(c3ccccc3)OC2C1n1cc(-c2ccc(Cl)c(F)c2)nn1. The van der Waals surface area contributed by atoms with Crippen molar-refractivity contribution < 1.29 is 28.1 Å². The monoisotopic (exact) mass is 715 g/mol. The standard InChI is InChI=1S/C31H28BrClFN5O5S/c1-41-28-26(39-15-22(36-37-39)18-8-9-20(33)21(34)12-18)27-23(16-42-30(44-27)17-6-3-2-4-7-17)43-31(28)45-24-13-19(32)14-35-25(24)29(40)38-10-5-11-38/h2-4,6-9,12-15,23,26-28,30-31H,5,10-11,16H2,1H3. The third-order valence-corrected chi connectivity index (χ3v) is 10.0. The van der Waals surface area contributed by atoms with Crippen LogP contribution < -0.4 is 0 Å². The number of carbonyl (C=O) groups excluding carboxylic acids is 1. The number of halogens is 3. The number of carbonyl (C=O) groups is 1. The Labute approximate surface area is 276 Å². The lowest BCUT2D eigenvalue weighted by Gasteiger charge is -2.48. The zero-order valence-electron chi connectivity index (χ0n) is 24.0. The lowest BCUT2D eigenvalue weighted by atomic mass is 9.95. The second kappa shape index (κ2) is 13.1. The van der Waals surface area contributed by atoms with Crippen LogP contribution in [0.4, 0.5) is 4.39 Å². The van der Waals surface area contributed by atoms with Gasteiger partial charge in [0.15, 0.2) is 6.29 Å². The molecule has 1 amide bonds. The van der Waals surface area contributed by atoms with Crippen LogP contribution in [0.15, 0.2) is 76.4 Å². The zero-order valence-corrected chi connectivity index (χ0v) is 27.1. The molecule has 10 nitrogen and oxygen atoms in total. The summed E-state index contributed by atoms with van der Waals surface area (Å²) in [7, 11) is 1.60. The Bertz CT molecular complexity index is 1700. The molecule has 0 aliphatic carbocycles. The van der Waals surface area contributed by atoms with Gasteiger partial charge in [-0.05, 0) is 40.5 Å². The first-order valence-electron chi connectivity index (χ1n) is 14.4. The maximum atomic E-state index is 14.3. The maximum absolute atomic E-state index is 14.3. The van der Waals surface area contributed by atoms with Gasteiger partial charge in [-0.15, -0.1) is 5.10 Å². The molecule has 3 saturated heterocycles. The van der Waals surface area contributed by atoms with E-state index in [0.717, 1.165) is 16.5 Å². The van der Waals surface area contributed by atoms with Crippen molar-refractivity contribution in [3.05, 3.63) is 93.6 Å². The number of fused-ring (bicyclic) bond motifs is 1.